The van der Waals surface area contributed by atoms with Crippen molar-refractivity contribution in [3.05, 3.63) is 0 Å². The number of carbonyl (C=O) groups is 1. The number of rotatable bonds is 23. The van der Waals surface area contributed by atoms with Crippen LogP contribution in [0.5, 0.6) is 0 Å². The Hall–Kier alpha value is -1.01. The second-order valence-corrected chi connectivity index (χ2v) is 12.7. The van der Waals surface area contributed by atoms with Gasteiger partial charge in [-0.2, -0.15) is 0 Å². The zero-order valence-electron chi connectivity index (χ0n) is 27.6. The van der Waals surface area contributed by atoms with E-state index in [2.05, 4.69) is 19.2 Å². The topological polar surface area (TPSA) is 228 Å². The van der Waals surface area contributed by atoms with Gasteiger partial charge in [0.1, 0.15) is 48.8 Å². The Morgan fingerprint density at radius 2 is 1.24 bits per heavy atom. The van der Waals surface area contributed by atoms with E-state index < -0.39 is 86.8 Å². The molecule has 0 aromatic heterocycles. The minimum Gasteiger partial charge on any atom is -0.394 e. The van der Waals surface area contributed by atoms with E-state index in [-0.39, 0.29) is 12.5 Å². The van der Waals surface area contributed by atoms with Crippen molar-refractivity contribution in [1.29, 1.82) is 0 Å². The van der Waals surface area contributed by atoms with Gasteiger partial charge in [0.05, 0.1) is 32.0 Å². The number of aliphatic hydroxyl groups excluding tert-OH is 8. The van der Waals surface area contributed by atoms with Gasteiger partial charge in [-0.3, -0.25) is 4.79 Å². The summed E-state index contributed by atoms with van der Waals surface area (Å²) in [6.45, 7) is 2.62. The average Bonchev–Trinajstić information content (AvgIpc) is 3.05. The van der Waals surface area contributed by atoms with Crippen LogP contribution in [0.3, 0.4) is 0 Å². The lowest BCUT2D eigenvalue weighted by molar-refractivity contribution is -0.359. The van der Waals surface area contributed by atoms with Crippen molar-refractivity contribution in [2.24, 2.45) is 0 Å². The normalized spacial score (nSPS) is 33.1. The molecule has 12 atom stereocenters. The van der Waals surface area contributed by atoms with Gasteiger partial charge < -0.3 is 65.1 Å². The van der Waals surface area contributed by atoms with E-state index in [1.54, 1.807) is 0 Å². The maximum atomic E-state index is 12.8. The molecule has 1 amide bonds. The number of unbranched alkanes of at least 4 members (excludes halogenated alkanes) is 10. The molecule has 272 valence electrons. The Labute approximate surface area is 273 Å². The number of amides is 1. The van der Waals surface area contributed by atoms with Gasteiger partial charge in [-0.25, -0.2) is 0 Å². The van der Waals surface area contributed by atoms with Crippen LogP contribution in [0.4, 0.5) is 0 Å². The molecular formula is C32H61NO13. The molecule has 2 aliphatic heterocycles. The summed E-state index contributed by atoms with van der Waals surface area (Å²) in [6.07, 6.45) is -3.41. The van der Waals surface area contributed by atoms with Crippen molar-refractivity contribution >= 4 is 5.91 Å². The Balaban J connectivity index is 1.97. The number of aliphatic hydroxyl groups is 8. The van der Waals surface area contributed by atoms with E-state index in [0.717, 1.165) is 51.4 Å². The zero-order chi connectivity index (χ0) is 34.1. The van der Waals surface area contributed by atoms with Gasteiger partial charge in [0.25, 0.3) is 0 Å². The third kappa shape index (κ3) is 13.1. The van der Waals surface area contributed by atoms with Gasteiger partial charge in [-0.05, 0) is 12.8 Å². The molecule has 12 unspecified atom stereocenters. The summed E-state index contributed by atoms with van der Waals surface area (Å²) in [4.78, 5) is 12.8. The van der Waals surface area contributed by atoms with Crippen LogP contribution in [-0.4, -0.2) is 140 Å². The molecule has 2 heterocycles. The molecular weight excluding hydrogens is 606 g/mol. The minimum atomic E-state index is -1.77. The van der Waals surface area contributed by atoms with Crippen LogP contribution in [0.15, 0.2) is 0 Å². The van der Waals surface area contributed by atoms with E-state index in [9.17, 15) is 45.6 Å². The second kappa shape index (κ2) is 22.6. The molecule has 14 heteroatoms. The average molecular weight is 668 g/mol. The molecule has 0 aromatic carbocycles. The van der Waals surface area contributed by atoms with Gasteiger partial charge in [0, 0.05) is 6.42 Å². The maximum absolute atomic E-state index is 12.8. The van der Waals surface area contributed by atoms with Crippen LogP contribution in [0.25, 0.3) is 0 Å². The van der Waals surface area contributed by atoms with Gasteiger partial charge >= 0.3 is 0 Å². The summed E-state index contributed by atoms with van der Waals surface area (Å²) < 4.78 is 22.4. The highest BCUT2D eigenvalue weighted by atomic mass is 16.7. The minimum absolute atomic E-state index is 0.224. The smallest absolute Gasteiger partial charge is 0.220 e. The highest BCUT2D eigenvalue weighted by Crippen LogP contribution is 2.29. The molecule has 46 heavy (non-hydrogen) atoms. The van der Waals surface area contributed by atoms with Gasteiger partial charge in [-0.15, -0.1) is 0 Å². The number of ether oxygens (including phenoxy) is 4. The number of hydrogen-bond acceptors (Lipinski definition) is 13. The van der Waals surface area contributed by atoms with Gasteiger partial charge in [0.15, 0.2) is 12.6 Å². The summed E-state index contributed by atoms with van der Waals surface area (Å²) in [5, 5.41) is 85.3. The lowest BCUT2D eigenvalue weighted by Gasteiger charge is -2.46. The first kappa shape index (κ1) is 41.2. The molecule has 2 rings (SSSR count). The fourth-order valence-electron chi connectivity index (χ4n) is 5.82. The fraction of sp³-hybridized carbons (Fsp3) is 0.969. The molecule has 9 N–H and O–H groups in total. The summed E-state index contributed by atoms with van der Waals surface area (Å²) in [7, 11) is 0. The molecule has 0 bridgehead atoms. The van der Waals surface area contributed by atoms with Crippen molar-refractivity contribution in [1.82, 2.24) is 5.32 Å². The summed E-state index contributed by atoms with van der Waals surface area (Å²) in [6, 6.07) is -0.813. The first-order chi connectivity index (χ1) is 22.1. The molecule has 0 spiro atoms. The molecule has 0 aromatic rings. The van der Waals surface area contributed by atoms with Crippen LogP contribution in [0.1, 0.15) is 104 Å². The Kier molecular flexibility index (Phi) is 20.2. The summed E-state index contributed by atoms with van der Waals surface area (Å²) in [5.41, 5.74) is 0. The van der Waals surface area contributed by atoms with E-state index in [0.29, 0.717) is 12.8 Å². The zero-order valence-corrected chi connectivity index (χ0v) is 27.6. The molecule has 14 nitrogen and oxygen atoms in total. The Morgan fingerprint density at radius 3 is 1.85 bits per heavy atom. The predicted molar refractivity (Wildman–Crippen MR) is 166 cm³/mol. The lowest BCUT2D eigenvalue weighted by atomic mass is 9.97. The summed E-state index contributed by atoms with van der Waals surface area (Å²) in [5.74, 6) is -0.224. The second-order valence-electron chi connectivity index (χ2n) is 12.7. The quantitative estimate of drug-likeness (QED) is 0.0654. The van der Waals surface area contributed by atoms with Crippen molar-refractivity contribution < 1.29 is 64.6 Å². The predicted octanol–water partition coefficient (Wildman–Crippen LogP) is -0.0260. The van der Waals surface area contributed by atoms with Crippen LogP contribution in [0, 0.1) is 0 Å². The van der Waals surface area contributed by atoms with Crippen molar-refractivity contribution in [2.45, 2.75) is 177 Å². The van der Waals surface area contributed by atoms with Crippen molar-refractivity contribution in [3.8, 4) is 0 Å². The Morgan fingerprint density at radius 1 is 0.696 bits per heavy atom. The monoisotopic (exact) mass is 667 g/mol. The molecule has 0 saturated carbocycles. The van der Waals surface area contributed by atoms with Crippen molar-refractivity contribution in [3.63, 3.8) is 0 Å². The van der Waals surface area contributed by atoms with Gasteiger partial charge in [-0.1, -0.05) is 84.5 Å². The Bertz CT molecular complexity index is 806. The van der Waals surface area contributed by atoms with Crippen LogP contribution >= 0.6 is 0 Å². The van der Waals surface area contributed by atoms with Crippen LogP contribution in [-0.2, 0) is 23.7 Å². The molecule has 2 saturated heterocycles. The van der Waals surface area contributed by atoms with E-state index in [1.165, 1.54) is 25.7 Å². The van der Waals surface area contributed by atoms with E-state index in [1.807, 2.05) is 0 Å². The molecule has 0 aliphatic carbocycles. The highest BCUT2D eigenvalue weighted by Gasteiger charge is 2.50. The number of nitrogens with one attached hydrogen (secondary N) is 1. The van der Waals surface area contributed by atoms with E-state index >= 15 is 0 Å². The number of carbonyl (C=O) groups excluding carboxylic acids is 1. The largest absolute Gasteiger partial charge is 0.394 e. The van der Waals surface area contributed by atoms with Crippen molar-refractivity contribution in [2.75, 3.05) is 19.8 Å². The molecule has 0 radical (unpaired) electrons. The lowest BCUT2D eigenvalue weighted by Crippen LogP contribution is -2.65. The highest BCUT2D eigenvalue weighted by molar-refractivity contribution is 5.76. The fourth-order valence-corrected chi connectivity index (χ4v) is 5.82. The van der Waals surface area contributed by atoms with Crippen LogP contribution in [0.2, 0.25) is 0 Å². The van der Waals surface area contributed by atoms with Gasteiger partial charge in [0.2, 0.25) is 5.91 Å². The summed E-state index contributed by atoms with van der Waals surface area (Å²) >= 11 is 0. The SMILES string of the molecule is CCCCCCCCCCC(=O)NC(COC1OC(CO)C(OC2OC(CO)C(O)C(O)C2O)C(O)C1O)C(O)CCCCCC. The molecule has 2 fully saturated rings. The van der Waals surface area contributed by atoms with E-state index in [4.69, 9.17) is 18.9 Å². The standard InChI is InChI=1S/C32H61NO13/c1-3-5-7-9-10-11-12-14-16-24(37)33-20(21(36)15-13-8-6-4-2)19-43-31-29(42)27(40)30(23(18-35)45-31)46-32-28(41)26(39)25(38)22(17-34)44-32/h20-23,25-32,34-36,38-42H,3-19H2,1-2H3,(H,33,37). The number of hydrogen-bond donors (Lipinski definition) is 9. The maximum Gasteiger partial charge on any atom is 0.220 e. The third-order valence-electron chi connectivity index (χ3n) is 8.82. The first-order valence-corrected chi connectivity index (χ1v) is 17.3. The third-order valence-corrected chi connectivity index (χ3v) is 8.82. The van der Waals surface area contributed by atoms with Crippen LogP contribution < -0.4 is 5.32 Å². The molecule has 2 aliphatic rings. The first-order valence-electron chi connectivity index (χ1n) is 17.3.